The van der Waals surface area contributed by atoms with Crippen molar-refractivity contribution >= 4 is 0 Å². The summed E-state index contributed by atoms with van der Waals surface area (Å²) in [6.45, 7) is 1.39. The molecule has 1 heterocycles. The molecule has 1 aliphatic rings. The fraction of sp³-hybridized carbons (Fsp3) is 1.00. The van der Waals surface area contributed by atoms with Crippen molar-refractivity contribution in [3.63, 3.8) is 0 Å². The molecular weight excluding hydrogens is 130 g/mol. The number of hydrogen-bond acceptors (Lipinski definition) is 3. The van der Waals surface area contributed by atoms with Gasteiger partial charge in [0.2, 0.25) is 0 Å². The van der Waals surface area contributed by atoms with Crippen molar-refractivity contribution in [2.24, 2.45) is 5.73 Å². The quantitative estimate of drug-likeness (QED) is 0.601. The molecule has 0 radical (unpaired) electrons. The first-order valence-electron chi connectivity index (χ1n) is 3.69. The van der Waals surface area contributed by atoms with Gasteiger partial charge in [0.15, 0.2) is 0 Å². The summed E-state index contributed by atoms with van der Waals surface area (Å²) in [6.07, 6.45) is 2.38. The zero-order valence-corrected chi connectivity index (χ0v) is 6.38. The molecule has 1 unspecified atom stereocenters. The van der Waals surface area contributed by atoms with Crippen LogP contribution in [0, 0.1) is 0 Å². The summed E-state index contributed by atoms with van der Waals surface area (Å²) >= 11 is 0. The SMILES string of the molecule is COCC1CC[C@@H](N)CO1. The van der Waals surface area contributed by atoms with Crippen molar-refractivity contribution in [3.8, 4) is 0 Å². The van der Waals surface area contributed by atoms with E-state index in [2.05, 4.69) is 0 Å². The van der Waals surface area contributed by atoms with Crippen molar-refractivity contribution < 1.29 is 9.47 Å². The van der Waals surface area contributed by atoms with Crippen LogP contribution in [0.25, 0.3) is 0 Å². The minimum Gasteiger partial charge on any atom is -0.382 e. The Kier molecular flexibility index (Phi) is 3.12. The summed E-state index contributed by atoms with van der Waals surface area (Å²) in [5.41, 5.74) is 5.63. The lowest BCUT2D eigenvalue weighted by Crippen LogP contribution is -2.37. The monoisotopic (exact) mass is 145 g/mol. The van der Waals surface area contributed by atoms with Crippen LogP contribution in [0.4, 0.5) is 0 Å². The third-order valence-corrected chi connectivity index (χ3v) is 1.76. The van der Waals surface area contributed by atoms with E-state index in [4.69, 9.17) is 15.2 Å². The number of hydrogen-bond donors (Lipinski definition) is 1. The molecule has 0 spiro atoms. The minimum atomic E-state index is 0.244. The average molecular weight is 145 g/mol. The van der Waals surface area contributed by atoms with Crippen molar-refractivity contribution in [2.45, 2.75) is 25.0 Å². The largest absolute Gasteiger partial charge is 0.382 e. The predicted octanol–water partition coefficient (Wildman–Crippen LogP) is 0.139. The minimum absolute atomic E-state index is 0.244. The highest BCUT2D eigenvalue weighted by atomic mass is 16.5. The van der Waals surface area contributed by atoms with Gasteiger partial charge in [-0.05, 0) is 12.8 Å². The fourth-order valence-electron chi connectivity index (χ4n) is 1.14. The van der Waals surface area contributed by atoms with E-state index in [1.807, 2.05) is 0 Å². The van der Waals surface area contributed by atoms with Crippen LogP contribution >= 0.6 is 0 Å². The molecular formula is C7H15NO2. The van der Waals surface area contributed by atoms with Gasteiger partial charge in [0.25, 0.3) is 0 Å². The van der Waals surface area contributed by atoms with Crippen LogP contribution in [-0.4, -0.2) is 32.5 Å². The summed E-state index contributed by atoms with van der Waals surface area (Å²) < 4.78 is 10.3. The van der Waals surface area contributed by atoms with E-state index in [-0.39, 0.29) is 12.1 Å². The molecule has 2 N–H and O–H groups in total. The number of rotatable bonds is 2. The maximum absolute atomic E-state index is 5.63. The molecule has 0 amide bonds. The van der Waals surface area contributed by atoms with E-state index >= 15 is 0 Å². The first-order valence-corrected chi connectivity index (χ1v) is 3.69. The van der Waals surface area contributed by atoms with Gasteiger partial charge in [-0.15, -0.1) is 0 Å². The molecule has 60 valence electrons. The Morgan fingerprint density at radius 3 is 2.90 bits per heavy atom. The molecule has 1 fully saturated rings. The van der Waals surface area contributed by atoms with Crippen LogP contribution in [0.5, 0.6) is 0 Å². The number of ether oxygens (including phenoxy) is 2. The zero-order chi connectivity index (χ0) is 7.40. The first kappa shape index (κ1) is 7.98. The Morgan fingerprint density at radius 1 is 1.60 bits per heavy atom. The Morgan fingerprint density at radius 2 is 2.40 bits per heavy atom. The third kappa shape index (κ3) is 2.25. The van der Waals surface area contributed by atoms with E-state index in [0.717, 1.165) is 12.8 Å². The second kappa shape index (κ2) is 3.91. The average Bonchev–Trinajstić information content (AvgIpc) is 1.95. The Labute approximate surface area is 61.5 Å². The van der Waals surface area contributed by atoms with Gasteiger partial charge in [-0.25, -0.2) is 0 Å². The number of methoxy groups -OCH3 is 1. The lowest BCUT2D eigenvalue weighted by atomic mass is 10.1. The second-order valence-corrected chi connectivity index (χ2v) is 2.75. The van der Waals surface area contributed by atoms with Crippen LogP contribution in [0.2, 0.25) is 0 Å². The maximum Gasteiger partial charge on any atom is 0.0809 e. The summed E-state index contributed by atoms with van der Waals surface area (Å²) in [4.78, 5) is 0. The van der Waals surface area contributed by atoms with E-state index in [1.165, 1.54) is 0 Å². The maximum atomic E-state index is 5.63. The fourth-order valence-corrected chi connectivity index (χ4v) is 1.14. The van der Waals surface area contributed by atoms with Crippen molar-refractivity contribution in [1.82, 2.24) is 0 Å². The molecule has 3 nitrogen and oxygen atoms in total. The van der Waals surface area contributed by atoms with Gasteiger partial charge in [0.1, 0.15) is 0 Å². The summed E-state index contributed by atoms with van der Waals surface area (Å²) in [5, 5.41) is 0. The molecule has 0 aromatic rings. The molecule has 0 aliphatic carbocycles. The molecule has 2 atom stereocenters. The van der Waals surface area contributed by atoms with Gasteiger partial charge in [-0.1, -0.05) is 0 Å². The van der Waals surface area contributed by atoms with E-state index in [9.17, 15) is 0 Å². The molecule has 1 aliphatic heterocycles. The van der Waals surface area contributed by atoms with Crippen molar-refractivity contribution in [1.29, 1.82) is 0 Å². The smallest absolute Gasteiger partial charge is 0.0809 e. The normalized spacial score (nSPS) is 34.2. The summed E-state index contributed by atoms with van der Waals surface area (Å²) in [6, 6.07) is 0.244. The highest BCUT2D eigenvalue weighted by molar-refractivity contribution is 4.71. The predicted molar refractivity (Wildman–Crippen MR) is 38.8 cm³/mol. The molecule has 0 bridgehead atoms. The standard InChI is InChI=1S/C7H15NO2/c1-9-5-7-3-2-6(8)4-10-7/h6-7H,2-5,8H2,1H3/t6-,7?/m1/s1. The Hall–Kier alpha value is -0.120. The third-order valence-electron chi connectivity index (χ3n) is 1.76. The van der Waals surface area contributed by atoms with Gasteiger partial charge in [0.05, 0.1) is 19.3 Å². The van der Waals surface area contributed by atoms with Crippen LogP contribution in [0.1, 0.15) is 12.8 Å². The molecule has 1 rings (SSSR count). The molecule has 10 heavy (non-hydrogen) atoms. The van der Waals surface area contributed by atoms with E-state index < -0.39 is 0 Å². The highest BCUT2D eigenvalue weighted by Gasteiger charge is 2.17. The summed E-state index contributed by atoms with van der Waals surface area (Å²) in [7, 11) is 1.69. The van der Waals surface area contributed by atoms with Gasteiger partial charge in [0, 0.05) is 13.2 Å². The van der Waals surface area contributed by atoms with Gasteiger partial charge in [-0.2, -0.15) is 0 Å². The zero-order valence-electron chi connectivity index (χ0n) is 6.38. The summed E-state index contributed by atoms with van der Waals surface area (Å²) in [5.74, 6) is 0. The molecule has 1 saturated heterocycles. The van der Waals surface area contributed by atoms with Gasteiger partial charge in [-0.3, -0.25) is 0 Å². The lowest BCUT2D eigenvalue weighted by molar-refractivity contribution is -0.0363. The van der Waals surface area contributed by atoms with Gasteiger partial charge >= 0.3 is 0 Å². The molecule has 0 saturated carbocycles. The Bertz CT molecular complexity index is 89.6. The van der Waals surface area contributed by atoms with E-state index in [1.54, 1.807) is 7.11 Å². The second-order valence-electron chi connectivity index (χ2n) is 2.75. The van der Waals surface area contributed by atoms with Crippen LogP contribution < -0.4 is 5.73 Å². The van der Waals surface area contributed by atoms with Crippen LogP contribution in [0.3, 0.4) is 0 Å². The first-order chi connectivity index (χ1) is 4.83. The van der Waals surface area contributed by atoms with Gasteiger partial charge < -0.3 is 15.2 Å². The molecule has 0 aromatic carbocycles. The van der Waals surface area contributed by atoms with E-state index in [0.29, 0.717) is 13.2 Å². The molecule has 3 heteroatoms. The van der Waals surface area contributed by atoms with Crippen LogP contribution in [-0.2, 0) is 9.47 Å². The van der Waals surface area contributed by atoms with Crippen molar-refractivity contribution in [3.05, 3.63) is 0 Å². The molecule has 0 aromatic heterocycles. The highest BCUT2D eigenvalue weighted by Crippen LogP contribution is 2.11. The Balaban J connectivity index is 2.13. The number of nitrogens with two attached hydrogens (primary N) is 1. The topological polar surface area (TPSA) is 44.5 Å². The van der Waals surface area contributed by atoms with Crippen molar-refractivity contribution in [2.75, 3.05) is 20.3 Å². The van der Waals surface area contributed by atoms with Crippen LogP contribution in [0.15, 0.2) is 0 Å². The lowest BCUT2D eigenvalue weighted by Gasteiger charge is -2.25.